The van der Waals surface area contributed by atoms with Gasteiger partial charge in [0, 0.05) is 28.6 Å². The maximum Gasteiger partial charge on any atom is 0.251 e. The molecule has 4 nitrogen and oxygen atoms in total. The smallest absolute Gasteiger partial charge is 0.251 e. The van der Waals surface area contributed by atoms with Gasteiger partial charge in [0.05, 0.1) is 12.1 Å². The highest BCUT2D eigenvalue weighted by Gasteiger charge is 2.52. The number of nitrogens with one attached hydrogen (secondary N) is 1. The van der Waals surface area contributed by atoms with Crippen LogP contribution < -0.4 is 11.1 Å². The first-order chi connectivity index (χ1) is 9.08. The summed E-state index contributed by atoms with van der Waals surface area (Å²) in [7, 11) is 0. The molecule has 0 bridgehead atoms. The topological polar surface area (TPSA) is 64.4 Å². The van der Waals surface area contributed by atoms with Gasteiger partial charge in [-0.2, -0.15) is 0 Å². The molecule has 1 aliphatic heterocycles. The number of hydrogen-bond acceptors (Lipinski definition) is 3. The molecular weight excluding hydrogens is 308 g/mol. The van der Waals surface area contributed by atoms with Gasteiger partial charge in [-0.3, -0.25) is 4.79 Å². The minimum atomic E-state index is -0.0787. The normalized spacial score (nSPS) is 32.6. The first kappa shape index (κ1) is 13.1. The van der Waals surface area contributed by atoms with Crippen LogP contribution in [0.2, 0.25) is 0 Å². The van der Waals surface area contributed by atoms with E-state index in [2.05, 4.69) is 21.2 Å². The maximum absolute atomic E-state index is 12.2. The molecule has 5 heteroatoms. The van der Waals surface area contributed by atoms with E-state index in [9.17, 15) is 4.79 Å². The number of carbonyl (C=O) groups is 1. The Morgan fingerprint density at radius 2 is 2.32 bits per heavy atom. The van der Waals surface area contributed by atoms with Crippen LogP contribution in [0, 0.1) is 12.8 Å². The summed E-state index contributed by atoms with van der Waals surface area (Å²) in [4.78, 5) is 12.2. The van der Waals surface area contributed by atoms with E-state index in [0.717, 1.165) is 23.1 Å². The number of aryl methyl sites for hydroxylation is 1. The molecule has 1 heterocycles. The molecule has 3 N–H and O–H groups in total. The highest BCUT2D eigenvalue weighted by Crippen LogP contribution is 2.37. The van der Waals surface area contributed by atoms with Gasteiger partial charge in [0.25, 0.3) is 5.91 Å². The van der Waals surface area contributed by atoms with E-state index < -0.39 is 0 Å². The SMILES string of the molecule is Cc1cc(C(=O)NC2C(N)C3CCOC32)ccc1Br. The number of nitrogens with two attached hydrogens (primary N) is 1. The lowest BCUT2D eigenvalue weighted by atomic mass is 9.72. The Morgan fingerprint density at radius 1 is 1.53 bits per heavy atom. The fourth-order valence-electron chi connectivity index (χ4n) is 2.95. The summed E-state index contributed by atoms with van der Waals surface area (Å²) in [5.41, 5.74) is 7.79. The number of rotatable bonds is 2. The van der Waals surface area contributed by atoms with Crippen LogP contribution in [-0.2, 0) is 4.74 Å². The third-order valence-corrected chi connectivity index (χ3v) is 5.05. The second-order valence-corrected chi connectivity index (χ2v) is 6.18. The molecule has 4 atom stereocenters. The molecular formula is C14H17BrN2O2. The zero-order valence-corrected chi connectivity index (χ0v) is 12.3. The monoisotopic (exact) mass is 324 g/mol. The molecule has 0 spiro atoms. The summed E-state index contributed by atoms with van der Waals surface area (Å²) in [5.74, 6) is 0.335. The molecule has 3 rings (SSSR count). The van der Waals surface area contributed by atoms with Crippen molar-refractivity contribution < 1.29 is 9.53 Å². The molecule has 2 fully saturated rings. The van der Waals surface area contributed by atoms with Gasteiger partial charge in [0.1, 0.15) is 0 Å². The third kappa shape index (κ3) is 2.20. The molecule has 0 aromatic heterocycles. The number of halogens is 1. The summed E-state index contributed by atoms with van der Waals surface area (Å²) in [6.45, 7) is 2.72. The Balaban J connectivity index is 1.70. The van der Waals surface area contributed by atoms with Crippen LogP contribution in [0.4, 0.5) is 0 Å². The summed E-state index contributed by atoms with van der Waals surface area (Å²) >= 11 is 3.43. The summed E-state index contributed by atoms with van der Waals surface area (Å²) in [6.07, 6.45) is 1.12. The van der Waals surface area contributed by atoms with Crippen molar-refractivity contribution >= 4 is 21.8 Å². The van der Waals surface area contributed by atoms with Crippen LogP contribution in [0.25, 0.3) is 0 Å². The van der Waals surface area contributed by atoms with Crippen LogP contribution in [-0.4, -0.2) is 30.7 Å². The minimum absolute atomic E-state index is 0.0213. The fourth-order valence-corrected chi connectivity index (χ4v) is 3.19. The van der Waals surface area contributed by atoms with Crippen molar-refractivity contribution in [3.63, 3.8) is 0 Å². The molecule has 1 aromatic rings. The molecule has 2 aliphatic rings. The lowest BCUT2D eigenvalue weighted by molar-refractivity contribution is -0.0161. The van der Waals surface area contributed by atoms with Crippen LogP contribution in [0.5, 0.6) is 0 Å². The minimum Gasteiger partial charge on any atom is -0.376 e. The lowest BCUT2D eigenvalue weighted by Gasteiger charge is -2.45. The fraction of sp³-hybridized carbons (Fsp3) is 0.500. The average molecular weight is 325 g/mol. The quantitative estimate of drug-likeness (QED) is 0.868. The highest BCUT2D eigenvalue weighted by molar-refractivity contribution is 9.10. The largest absolute Gasteiger partial charge is 0.376 e. The third-order valence-electron chi connectivity index (χ3n) is 4.16. The number of benzene rings is 1. The van der Waals surface area contributed by atoms with Crippen molar-refractivity contribution in [3.8, 4) is 0 Å². The van der Waals surface area contributed by atoms with Gasteiger partial charge in [-0.1, -0.05) is 15.9 Å². The van der Waals surface area contributed by atoms with Crippen LogP contribution in [0.3, 0.4) is 0 Å². The van der Waals surface area contributed by atoms with Gasteiger partial charge in [0.15, 0.2) is 0 Å². The standard InChI is InChI=1S/C14H17BrN2O2/c1-7-6-8(2-3-10(7)15)14(18)17-12-11(16)9-4-5-19-13(9)12/h2-3,6,9,11-13H,4-5,16H2,1H3,(H,17,18). The second-order valence-electron chi connectivity index (χ2n) is 5.33. The molecule has 1 saturated carbocycles. The molecule has 4 unspecified atom stereocenters. The maximum atomic E-state index is 12.2. The Bertz CT molecular complexity index is 520. The van der Waals surface area contributed by atoms with Gasteiger partial charge >= 0.3 is 0 Å². The van der Waals surface area contributed by atoms with Gasteiger partial charge in [-0.25, -0.2) is 0 Å². The van der Waals surface area contributed by atoms with Crippen molar-refractivity contribution in [2.75, 3.05) is 6.61 Å². The molecule has 1 aliphatic carbocycles. The van der Waals surface area contributed by atoms with Gasteiger partial charge in [-0.05, 0) is 37.1 Å². The number of amides is 1. The first-order valence-corrected chi connectivity index (χ1v) is 7.31. The average Bonchev–Trinajstić information content (AvgIpc) is 2.83. The zero-order valence-electron chi connectivity index (χ0n) is 10.7. The number of carbonyl (C=O) groups excluding carboxylic acids is 1. The predicted octanol–water partition coefficient (Wildman–Crippen LogP) is 1.60. The van der Waals surface area contributed by atoms with Crippen molar-refractivity contribution in [2.45, 2.75) is 31.5 Å². The van der Waals surface area contributed by atoms with Crippen molar-refractivity contribution in [3.05, 3.63) is 33.8 Å². The summed E-state index contributed by atoms with van der Waals surface area (Å²) < 4.78 is 6.62. The second kappa shape index (κ2) is 4.89. The number of ether oxygens (including phenoxy) is 1. The molecule has 1 saturated heterocycles. The van der Waals surface area contributed by atoms with Crippen LogP contribution >= 0.6 is 15.9 Å². The Kier molecular flexibility index (Phi) is 3.37. The zero-order chi connectivity index (χ0) is 13.6. The first-order valence-electron chi connectivity index (χ1n) is 6.52. The van der Waals surface area contributed by atoms with Gasteiger partial charge in [-0.15, -0.1) is 0 Å². The Hall–Kier alpha value is -0.910. The number of hydrogen-bond donors (Lipinski definition) is 2. The van der Waals surface area contributed by atoms with Crippen LogP contribution in [0.15, 0.2) is 22.7 Å². The Morgan fingerprint density at radius 3 is 3.05 bits per heavy atom. The van der Waals surface area contributed by atoms with E-state index in [0.29, 0.717) is 11.5 Å². The Labute approximate surface area is 120 Å². The summed E-state index contributed by atoms with van der Waals surface area (Å²) in [6, 6.07) is 5.54. The summed E-state index contributed by atoms with van der Waals surface area (Å²) in [5, 5.41) is 3.00. The molecule has 102 valence electrons. The molecule has 1 aromatic carbocycles. The van der Waals surface area contributed by atoms with E-state index >= 15 is 0 Å². The predicted molar refractivity (Wildman–Crippen MR) is 76.0 cm³/mol. The van der Waals surface area contributed by atoms with Crippen molar-refractivity contribution in [1.29, 1.82) is 0 Å². The number of fused-ring (bicyclic) bond motifs is 1. The highest BCUT2D eigenvalue weighted by atomic mass is 79.9. The van der Waals surface area contributed by atoms with E-state index in [1.807, 2.05) is 25.1 Å². The van der Waals surface area contributed by atoms with Crippen LogP contribution in [0.1, 0.15) is 22.3 Å². The lowest BCUT2D eigenvalue weighted by Crippen LogP contribution is -2.68. The van der Waals surface area contributed by atoms with E-state index in [4.69, 9.17) is 10.5 Å². The molecule has 19 heavy (non-hydrogen) atoms. The van der Waals surface area contributed by atoms with E-state index in [1.165, 1.54) is 0 Å². The molecule has 0 radical (unpaired) electrons. The van der Waals surface area contributed by atoms with Crippen molar-refractivity contribution in [2.24, 2.45) is 11.7 Å². The van der Waals surface area contributed by atoms with Gasteiger partial charge in [0.2, 0.25) is 0 Å². The van der Waals surface area contributed by atoms with Gasteiger partial charge < -0.3 is 15.8 Å². The van der Waals surface area contributed by atoms with Crippen molar-refractivity contribution in [1.82, 2.24) is 5.32 Å². The van der Waals surface area contributed by atoms with E-state index in [1.54, 1.807) is 0 Å². The molecule has 1 amide bonds. The van der Waals surface area contributed by atoms with E-state index in [-0.39, 0.29) is 24.1 Å².